The van der Waals surface area contributed by atoms with Crippen molar-refractivity contribution in [2.45, 2.75) is 6.92 Å². The summed E-state index contributed by atoms with van der Waals surface area (Å²) >= 11 is 0. The molecule has 1 heterocycles. The van der Waals surface area contributed by atoms with E-state index in [1.165, 1.54) is 13.2 Å². The number of ether oxygens (including phenoxy) is 2. The maximum Gasteiger partial charge on any atom is 0.406 e. The Kier molecular flexibility index (Phi) is 4.53. The van der Waals surface area contributed by atoms with Gasteiger partial charge in [-0.1, -0.05) is 0 Å². The Morgan fingerprint density at radius 2 is 2.18 bits per heavy atom. The molecule has 0 saturated heterocycles. The molecule has 0 radical (unpaired) electrons. The number of methoxy groups -OCH3 is 1. The molecule has 0 aliphatic heterocycles. The van der Waals surface area contributed by atoms with Gasteiger partial charge >= 0.3 is 5.82 Å². The number of hydrogen-bond donors (Lipinski definition) is 0. The lowest BCUT2D eigenvalue weighted by Gasteiger charge is -2.05. The largest absolute Gasteiger partial charge is 0.478 e. The SMILES string of the molecule is COCC(=O)COc1ccc(C)nc1[N+](=O)[O-]. The summed E-state index contributed by atoms with van der Waals surface area (Å²) in [4.78, 5) is 24.9. The number of rotatable bonds is 6. The van der Waals surface area contributed by atoms with Gasteiger partial charge in [-0.15, -0.1) is 0 Å². The standard InChI is InChI=1S/C10H12N2O5/c1-7-3-4-9(10(11-7)12(14)15)17-6-8(13)5-16-2/h3-4H,5-6H2,1-2H3. The Hall–Kier alpha value is -2.02. The van der Waals surface area contributed by atoms with Crippen LogP contribution in [0.5, 0.6) is 5.75 Å². The highest BCUT2D eigenvalue weighted by Crippen LogP contribution is 2.24. The Labute approximate surface area is 97.5 Å². The minimum Gasteiger partial charge on any atom is -0.478 e. The summed E-state index contributed by atoms with van der Waals surface area (Å²) < 4.78 is 9.64. The van der Waals surface area contributed by atoms with E-state index in [1.54, 1.807) is 13.0 Å². The first-order valence-corrected chi connectivity index (χ1v) is 4.80. The Bertz CT molecular complexity index is 433. The number of carbonyl (C=O) groups excluding carboxylic acids is 1. The fourth-order valence-corrected chi connectivity index (χ4v) is 1.13. The minimum atomic E-state index is -0.650. The number of nitrogens with zero attached hydrogens (tertiary/aromatic N) is 2. The minimum absolute atomic E-state index is 0.0231. The molecule has 0 atom stereocenters. The van der Waals surface area contributed by atoms with E-state index in [4.69, 9.17) is 4.74 Å². The van der Waals surface area contributed by atoms with E-state index >= 15 is 0 Å². The number of hydrogen-bond acceptors (Lipinski definition) is 6. The molecule has 1 aromatic rings. The molecule has 0 aliphatic carbocycles. The highest BCUT2D eigenvalue weighted by Gasteiger charge is 2.18. The van der Waals surface area contributed by atoms with Crippen LogP contribution in [0.4, 0.5) is 5.82 Å². The molecule has 0 bridgehead atoms. The number of aromatic nitrogens is 1. The molecule has 0 aliphatic rings. The highest BCUT2D eigenvalue weighted by atomic mass is 16.6. The second-order valence-electron chi connectivity index (χ2n) is 3.29. The van der Waals surface area contributed by atoms with Crippen molar-refractivity contribution >= 4 is 11.6 Å². The maximum absolute atomic E-state index is 11.1. The number of aryl methyl sites for hydroxylation is 1. The van der Waals surface area contributed by atoms with Crippen molar-refractivity contribution in [1.29, 1.82) is 0 Å². The molecular formula is C10H12N2O5. The van der Waals surface area contributed by atoms with Gasteiger partial charge in [0.05, 0.1) is 0 Å². The molecule has 0 N–H and O–H groups in total. The van der Waals surface area contributed by atoms with Crippen LogP contribution in [0.15, 0.2) is 12.1 Å². The summed E-state index contributed by atoms with van der Waals surface area (Å²) in [7, 11) is 1.38. The van der Waals surface area contributed by atoms with Crippen molar-refractivity contribution in [3.05, 3.63) is 27.9 Å². The van der Waals surface area contributed by atoms with Crippen LogP contribution in [-0.4, -0.2) is 36.0 Å². The summed E-state index contributed by atoms with van der Waals surface area (Å²) in [5, 5.41) is 10.7. The van der Waals surface area contributed by atoms with E-state index in [0.29, 0.717) is 5.69 Å². The second-order valence-corrected chi connectivity index (χ2v) is 3.29. The number of pyridine rings is 1. The first-order valence-electron chi connectivity index (χ1n) is 4.80. The van der Waals surface area contributed by atoms with Crippen molar-refractivity contribution in [2.24, 2.45) is 0 Å². The number of carbonyl (C=O) groups is 1. The lowest BCUT2D eigenvalue weighted by molar-refractivity contribution is -0.390. The Balaban J connectivity index is 2.77. The van der Waals surface area contributed by atoms with Crippen LogP contribution >= 0.6 is 0 Å². The topological polar surface area (TPSA) is 91.6 Å². The lowest BCUT2D eigenvalue weighted by atomic mass is 10.3. The fraction of sp³-hybridized carbons (Fsp3) is 0.400. The van der Waals surface area contributed by atoms with Crippen molar-refractivity contribution in [3.8, 4) is 5.75 Å². The van der Waals surface area contributed by atoms with Crippen LogP contribution in [-0.2, 0) is 9.53 Å². The molecule has 1 rings (SSSR count). The van der Waals surface area contributed by atoms with Gasteiger partial charge in [0.1, 0.15) is 18.9 Å². The summed E-state index contributed by atoms with van der Waals surface area (Å²) in [6.45, 7) is 1.26. The van der Waals surface area contributed by atoms with E-state index < -0.39 is 10.7 Å². The predicted octanol–water partition coefficient (Wildman–Crippen LogP) is 0.893. The predicted molar refractivity (Wildman–Crippen MR) is 58.0 cm³/mol. The number of nitro groups is 1. The van der Waals surface area contributed by atoms with Gasteiger partial charge in [0.25, 0.3) is 0 Å². The molecule has 0 aromatic carbocycles. The zero-order chi connectivity index (χ0) is 12.8. The summed E-state index contributed by atoms with van der Waals surface area (Å²) in [6.07, 6.45) is 0. The average Bonchev–Trinajstić information content (AvgIpc) is 2.27. The van der Waals surface area contributed by atoms with Crippen LogP contribution in [0.3, 0.4) is 0 Å². The third-order valence-corrected chi connectivity index (χ3v) is 1.85. The fourth-order valence-electron chi connectivity index (χ4n) is 1.13. The van der Waals surface area contributed by atoms with Gasteiger partial charge in [-0.2, -0.15) is 0 Å². The molecule has 0 saturated carbocycles. The molecule has 0 spiro atoms. The summed E-state index contributed by atoms with van der Waals surface area (Å²) in [5.41, 5.74) is 0.507. The Morgan fingerprint density at radius 1 is 1.47 bits per heavy atom. The van der Waals surface area contributed by atoms with E-state index in [9.17, 15) is 14.9 Å². The third-order valence-electron chi connectivity index (χ3n) is 1.85. The van der Waals surface area contributed by atoms with Gasteiger partial charge in [-0.25, -0.2) is 0 Å². The molecule has 7 nitrogen and oxygen atoms in total. The average molecular weight is 240 g/mol. The molecular weight excluding hydrogens is 228 g/mol. The normalized spacial score (nSPS) is 10.0. The molecule has 92 valence electrons. The molecule has 1 aromatic heterocycles. The van der Waals surface area contributed by atoms with Gasteiger partial charge in [0, 0.05) is 14.0 Å². The molecule has 0 amide bonds. The van der Waals surface area contributed by atoms with Crippen molar-refractivity contribution in [2.75, 3.05) is 20.3 Å². The van der Waals surface area contributed by atoms with E-state index in [1.807, 2.05) is 0 Å². The molecule has 17 heavy (non-hydrogen) atoms. The smallest absolute Gasteiger partial charge is 0.406 e. The molecule has 0 fully saturated rings. The highest BCUT2D eigenvalue weighted by molar-refractivity contribution is 5.81. The first-order chi connectivity index (χ1) is 8.04. The summed E-state index contributed by atoms with van der Waals surface area (Å²) in [6, 6.07) is 2.99. The van der Waals surface area contributed by atoms with Gasteiger partial charge in [0.15, 0.2) is 5.78 Å². The van der Waals surface area contributed by atoms with Crippen molar-refractivity contribution in [1.82, 2.24) is 4.98 Å². The van der Waals surface area contributed by atoms with Crippen molar-refractivity contribution < 1.29 is 19.2 Å². The van der Waals surface area contributed by atoms with Crippen LogP contribution in [0, 0.1) is 17.0 Å². The van der Waals surface area contributed by atoms with E-state index in [-0.39, 0.29) is 24.7 Å². The monoisotopic (exact) mass is 240 g/mol. The van der Waals surface area contributed by atoms with E-state index in [2.05, 4.69) is 9.72 Å². The van der Waals surface area contributed by atoms with Crippen LogP contribution in [0.2, 0.25) is 0 Å². The molecule has 7 heteroatoms. The number of ketones is 1. The first kappa shape index (κ1) is 13.0. The van der Waals surface area contributed by atoms with Crippen LogP contribution in [0.1, 0.15) is 5.69 Å². The maximum atomic E-state index is 11.1. The van der Waals surface area contributed by atoms with Crippen LogP contribution in [0.25, 0.3) is 0 Å². The molecule has 0 unspecified atom stereocenters. The quantitative estimate of drug-likeness (QED) is 0.541. The van der Waals surface area contributed by atoms with Crippen molar-refractivity contribution in [3.63, 3.8) is 0 Å². The van der Waals surface area contributed by atoms with Gasteiger partial charge in [0.2, 0.25) is 5.75 Å². The second kappa shape index (κ2) is 5.90. The van der Waals surface area contributed by atoms with Gasteiger partial charge < -0.3 is 19.6 Å². The lowest BCUT2D eigenvalue weighted by Crippen LogP contribution is -2.17. The zero-order valence-corrected chi connectivity index (χ0v) is 9.50. The number of Topliss-reactive ketones (excluding diaryl/α,β-unsaturated/α-hetero) is 1. The van der Waals surface area contributed by atoms with Gasteiger partial charge in [-0.05, 0) is 22.0 Å². The van der Waals surface area contributed by atoms with E-state index in [0.717, 1.165) is 0 Å². The third kappa shape index (κ3) is 3.80. The zero-order valence-electron chi connectivity index (χ0n) is 9.50. The summed E-state index contributed by atoms with van der Waals surface area (Å²) in [5.74, 6) is -0.720. The Morgan fingerprint density at radius 3 is 2.76 bits per heavy atom. The van der Waals surface area contributed by atoms with Gasteiger partial charge in [-0.3, -0.25) is 4.79 Å². The van der Waals surface area contributed by atoms with Crippen LogP contribution < -0.4 is 4.74 Å².